The van der Waals surface area contributed by atoms with Gasteiger partial charge in [-0.2, -0.15) is 10.4 Å². The minimum Gasteiger partial charge on any atom is -0.358 e. The summed E-state index contributed by atoms with van der Waals surface area (Å²) in [6.07, 6.45) is 4.09. The van der Waals surface area contributed by atoms with E-state index in [-0.39, 0.29) is 10.9 Å². The van der Waals surface area contributed by atoms with E-state index in [1.165, 1.54) is 17.1 Å². The summed E-state index contributed by atoms with van der Waals surface area (Å²) in [4.78, 5) is 2.97. The van der Waals surface area contributed by atoms with Crippen LogP contribution in [-0.4, -0.2) is 29.4 Å². The van der Waals surface area contributed by atoms with Gasteiger partial charge >= 0.3 is 0 Å². The summed E-state index contributed by atoms with van der Waals surface area (Å²) in [6, 6.07) is 5.40. The molecule has 1 aliphatic rings. The van der Waals surface area contributed by atoms with Crippen LogP contribution in [0.5, 0.6) is 0 Å². The summed E-state index contributed by atoms with van der Waals surface area (Å²) in [5.41, 5.74) is 2.24. The van der Waals surface area contributed by atoms with Gasteiger partial charge in [0.05, 0.1) is 29.0 Å². The Morgan fingerprint density at radius 1 is 1.42 bits per heavy atom. The Morgan fingerprint density at radius 3 is 2.88 bits per heavy atom. The van der Waals surface area contributed by atoms with Crippen LogP contribution < -0.4 is 4.72 Å². The zero-order valence-corrected chi connectivity index (χ0v) is 14.7. The molecule has 0 amide bonds. The number of halogens is 1. The summed E-state index contributed by atoms with van der Waals surface area (Å²) in [5, 5.41) is 13.9. The van der Waals surface area contributed by atoms with Gasteiger partial charge in [0.2, 0.25) is 0 Å². The Balaban J connectivity index is 1.67. The first kappa shape index (κ1) is 16.6. The third-order valence-corrected chi connectivity index (χ3v) is 6.05. The molecule has 26 heavy (non-hydrogen) atoms. The summed E-state index contributed by atoms with van der Waals surface area (Å²) in [5.74, 6) is 0. The highest BCUT2D eigenvalue weighted by molar-refractivity contribution is 7.92. The molecule has 1 aromatic carbocycles. The first-order chi connectivity index (χ1) is 12.4. The van der Waals surface area contributed by atoms with Crippen LogP contribution in [0.1, 0.15) is 30.0 Å². The fourth-order valence-corrected chi connectivity index (χ4v) is 4.20. The highest BCUT2D eigenvalue weighted by Gasteiger charge is 2.31. The fourth-order valence-electron chi connectivity index (χ4n) is 3.19. The van der Waals surface area contributed by atoms with Gasteiger partial charge in [-0.3, -0.25) is 9.40 Å². The molecule has 9 heteroatoms. The molecule has 2 heterocycles. The monoisotopic (exact) mass is 373 g/mol. The lowest BCUT2D eigenvalue weighted by Crippen LogP contribution is -2.28. The Bertz CT molecular complexity index is 1140. The molecule has 1 saturated carbocycles. The number of nitrogens with zero attached hydrogens (tertiary/aromatic N) is 3. The number of hydrogen-bond acceptors (Lipinski definition) is 4. The maximum absolute atomic E-state index is 13.0. The van der Waals surface area contributed by atoms with E-state index in [1.807, 2.05) is 6.92 Å². The molecule has 0 spiro atoms. The van der Waals surface area contributed by atoms with E-state index in [2.05, 4.69) is 20.9 Å². The average Bonchev–Trinajstić information content (AvgIpc) is 3.22. The van der Waals surface area contributed by atoms with Crippen LogP contribution in [0.2, 0.25) is 0 Å². The third kappa shape index (κ3) is 2.63. The van der Waals surface area contributed by atoms with Gasteiger partial charge in [-0.25, -0.2) is 12.8 Å². The zero-order chi connectivity index (χ0) is 18.5. The highest BCUT2D eigenvalue weighted by Crippen LogP contribution is 2.35. The number of anilines is 1. The molecular weight excluding hydrogens is 357 g/mol. The van der Waals surface area contributed by atoms with Crippen LogP contribution in [0.25, 0.3) is 10.9 Å². The molecule has 2 aromatic heterocycles. The molecule has 1 fully saturated rings. The lowest BCUT2D eigenvalue weighted by atomic mass is 9.91. The van der Waals surface area contributed by atoms with Crippen molar-refractivity contribution < 1.29 is 12.8 Å². The third-order valence-electron chi connectivity index (χ3n) is 4.73. The maximum Gasteiger partial charge on any atom is 0.265 e. The van der Waals surface area contributed by atoms with E-state index in [9.17, 15) is 18.1 Å². The van der Waals surface area contributed by atoms with E-state index >= 15 is 0 Å². The number of fused-ring (bicyclic) bond motifs is 1. The van der Waals surface area contributed by atoms with Crippen LogP contribution in [-0.2, 0) is 10.0 Å². The van der Waals surface area contributed by atoms with E-state index in [0.717, 1.165) is 5.56 Å². The largest absolute Gasteiger partial charge is 0.358 e. The number of aromatic nitrogens is 3. The molecule has 134 valence electrons. The topological polar surface area (TPSA) is 104 Å². The molecule has 7 nitrogen and oxygen atoms in total. The number of sulfonamides is 1. The SMILES string of the molecule is Cc1ccc(NS(=O)(=O)c2cnn(C3CC(F)C3)c2)c2[nH]cc(C#N)c12. The van der Waals surface area contributed by atoms with Gasteiger partial charge in [0.25, 0.3) is 10.0 Å². The van der Waals surface area contributed by atoms with Gasteiger partial charge in [-0.15, -0.1) is 0 Å². The van der Waals surface area contributed by atoms with Crippen LogP contribution in [0.3, 0.4) is 0 Å². The lowest BCUT2D eigenvalue weighted by Gasteiger charge is -2.29. The van der Waals surface area contributed by atoms with E-state index in [0.29, 0.717) is 35.0 Å². The second-order valence-corrected chi connectivity index (χ2v) is 8.16. The average molecular weight is 373 g/mol. The normalized spacial score (nSPS) is 19.9. The van der Waals surface area contributed by atoms with Crippen LogP contribution in [0, 0.1) is 18.3 Å². The molecule has 1 aliphatic carbocycles. The minimum atomic E-state index is -3.86. The van der Waals surface area contributed by atoms with Gasteiger partial charge in [0.15, 0.2) is 0 Å². The van der Waals surface area contributed by atoms with Crippen molar-refractivity contribution in [1.29, 1.82) is 5.26 Å². The Labute approximate surface area is 149 Å². The number of alkyl halides is 1. The highest BCUT2D eigenvalue weighted by atomic mass is 32.2. The number of rotatable bonds is 4. The van der Waals surface area contributed by atoms with Crippen molar-refractivity contribution in [2.45, 2.75) is 36.9 Å². The summed E-state index contributed by atoms with van der Waals surface area (Å²) in [6.45, 7) is 1.86. The zero-order valence-electron chi connectivity index (χ0n) is 13.9. The molecule has 3 aromatic rings. The van der Waals surface area contributed by atoms with Gasteiger partial charge < -0.3 is 4.98 Å². The van der Waals surface area contributed by atoms with Crippen LogP contribution in [0.15, 0.2) is 35.6 Å². The van der Waals surface area contributed by atoms with Gasteiger partial charge in [0, 0.05) is 30.6 Å². The second kappa shape index (κ2) is 5.85. The van der Waals surface area contributed by atoms with Crippen molar-refractivity contribution in [1.82, 2.24) is 14.8 Å². The van der Waals surface area contributed by atoms with Crippen molar-refractivity contribution >= 4 is 26.6 Å². The maximum atomic E-state index is 13.0. The molecular formula is C17H16FN5O2S. The summed E-state index contributed by atoms with van der Waals surface area (Å²) >= 11 is 0. The predicted octanol–water partition coefficient (Wildman–Crippen LogP) is 3.02. The van der Waals surface area contributed by atoms with Crippen molar-refractivity contribution in [3.63, 3.8) is 0 Å². The smallest absolute Gasteiger partial charge is 0.265 e. The molecule has 0 atom stereocenters. The number of hydrogen-bond donors (Lipinski definition) is 2. The fraction of sp³-hybridized carbons (Fsp3) is 0.294. The van der Waals surface area contributed by atoms with Crippen LogP contribution >= 0.6 is 0 Å². The number of nitriles is 1. The first-order valence-electron chi connectivity index (χ1n) is 8.11. The molecule has 0 bridgehead atoms. The molecule has 2 N–H and O–H groups in total. The number of benzene rings is 1. The van der Waals surface area contributed by atoms with E-state index in [4.69, 9.17) is 0 Å². The van der Waals surface area contributed by atoms with Crippen molar-refractivity contribution in [2.24, 2.45) is 0 Å². The minimum absolute atomic E-state index is 0.0144. The standard InChI is InChI=1S/C17H16FN5O2S/c1-10-2-3-15(17-16(10)11(6-19)7-20-17)22-26(24,25)14-8-21-23(9-14)13-4-12(18)5-13/h2-3,7-9,12-13,20,22H,4-5H2,1H3. The molecule has 0 aliphatic heterocycles. The second-order valence-electron chi connectivity index (χ2n) is 6.48. The molecule has 0 unspecified atom stereocenters. The summed E-state index contributed by atoms with van der Waals surface area (Å²) < 4.78 is 42.4. The molecule has 4 rings (SSSR count). The van der Waals surface area contributed by atoms with Gasteiger partial charge in [-0.05, 0) is 18.6 Å². The van der Waals surface area contributed by atoms with Crippen molar-refractivity contribution in [3.05, 3.63) is 41.9 Å². The van der Waals surface area contributed by atoms with Crippen molar-refractivity contribution in [3.8, 4) is 6.07 Å². The van der Waals surface area contributed by atoms with Crippen molar-refractivity contribution in [2.75, 3.05) is 4.72 Å². The lowest BCUT2D eigenvalue weighted by molar-refractivity contribution is 0.127. The Hall–Kier alpha value is -2.86. The molecule has 0 radical (unpaired) electrons. The first-order valence-corrected chi connectivity index (χ1v) is 9.59. The quantitative estimate of drug-likeness (QED) is 0.733. The Kier molecular flexibility index (Phi) is 3.73. The van der Waals surface area contributed by atoms with Gasteiger partial charge in [-0.1, -0.05) is 6.07 Å². The van der Waals surface area contributed by atoms with E-state index in [1.54, 1.807) is 18.3 Å². The number of H-pyrrole nitrogens is 1. The number of aryl methyl sites for hydroxylation is 1. The predicted molar refractivity (Wildman–Crippen MR) is 94.0 cm³/mol. The number of nitrogens with one attached hydrogen (secondary N) is 2. The Morgan fingerprint density at radius 2 is 2.19 bits per heavy atom. The molecule has 0 saturated heterocycles. The number of aromatic amines is 1. The van der Waals surface area contributed by atoms with Gasteiger partial charge in [0.1, 0.15) is 17.1 Å². The summed E-state index contributed by atoms with van der Waals surface area (Å²) in [7, 11) is -3.86. The van der Waals surface area contributed by atoms with Crippen LogP contribution in [0.4, 0.5) is 10.1 Å². The van der Waals surface area contributed by atoms with E-state index < -0.39 is 16.2 Å².